The Morgan fingerprint density at radius 3 is 2.65 bits per heavy atom. The summed E-state index contributed by atoms with van der Waals surface area (Å²) in [5.74, 6) is -0.608. The van der Waals surface area contributed by atoms with Gasteiger partial charge < -0.3 is 10.6 Å². The lowest BCUT2D eigenvalue weighted by molar-refractivity contribution is 0.100. The number of fused-ring (bicyclic) bond motifs is 1. The number of hydrogen-bond acceptors (Lipinski definition) is 2. The summed E-state index contributed by atoms with van der Waals surface area (Å²) in [6, 6.07) is 12.3. The maximum atomic E-state index is 13.9. The fraction of sp³-hybridized carbons (Fsp3) is 0.188. The van der Waals surface area contributed by atoms with Gasteiger partial charge in [0.15, 0.2) is 0 Å². The highest BCUT2D eigenvalue weighted by Crippen LogP contribution is 2.31. The minimum atomic E-state index is -0.436. The van der Waals surface area contributed by atoms with Crippen molar-refractivity contribution in [2.24, 2.45) is 5.73 Å². The summed E-state index contributed by atoms with van der Waals surface area (Å²) in [7, 11) is 0. The van der Waals surface area contributed by atoms with E-state index in [2.05, 4.69) is 0 Å². The molecule has 0 aromatic heterocycles. The first-order chi connectivity index (χ1) is 9.65. The van der Waals surface area contributed by atoms with Gasteiger partial charge in [0.25, 0.3) is 0 Å². The molecule has 0 bridgehead atoms. The van der Waals surface area contributed by atoms with Crippen molar-refractivity contribution in [1.29, 1.82) is 0 Å². The topological polar surface area (TPSA) is 46.3 Å². The zero-order chi connectivity index (χ0) is 14.1. The Kier molecular flexibility index (Phi) is 3.14. The van der Waals surface area contributed by atoms with Crippen molar-refractivity contribution in [2.75, 3.05) is 11.4 Å². The molecule has 0 atom stereocenters. The van der Waals surface area contributed by atoms with E-state index >= 15 is 0 Å². The molecule has 1 amide bonds. The number of primary amides is 1. The number of amides is 1. The van der Waals surface area contributed by atoms with E-state index in [9.17, 15) is 9.18 Å². The molecule has 0 unspecified atom stereocenters. The van der Waals surface area contributed by atoms with Gasteiger partial charge in [-0.2, -0.15) is 0 Å². The van der Waals surface area contributed by atoms with Gasteiger partial charge in [-0.3, -0.25) is 4.79 Å². The highest BCUT2D eigenvalue weighted by Gasteiger charge is 2.22. The standard InChI is InChI=1S/C16H15FN2O/c17-14-3-1-2-12-8-9-19(15(12)14)10-11-4-6-13(7-5-11)16(18)20/h1-7H,8-10H2,(H2,18,20). The molecule has 20 heavy (non-hydrogen) atoms. The Labute approximate surface area is 116 Å². The molecule has 0 saturated heterocycles. The van der Waals surface area contributed by atoms with Gasteiger partial charge in [0.05, 0.1) is 5.69 Å². The van der Waals surface area contributed by atoms with Crippen LogP contribution in [0.25, 0.3) is 0 Å². The predicted octanol–water partition coefficient (Wildman–Crippen LogP) is 2.49. The van der Waals surface area contributed by atoms with Crippen LogP contribution < -0.4 is 10.6 Å². The maximum absolute atomic E-state index is 13.9. The Bertz CT molecular complexity index is 652. The molecule has 1 aliphatic heterocycles. The Morgan fingerprint density at radius 1 is 1.20 bits per heavy atom. The molecule has 1 aliphatic rings. The summed E-state index contributed by atoms with van der Waals surface area (Å²) in [6.45, 7) is 1.45. The van der Waals surface area contributed by atoms with Crippen molar-refractivity contribution in [2.45, 2.75) is 13.0 Å². The summed E-state index contributed by atoms with van der Waals surface area (Å²) in [6.07, 6.45) is 0.868. The van der Waals surface area contributed by atoms with Gasteiger partial charge in [0.1, 0.15) is 5.82 Å². The van der Waals surface area contributed by atoms with Crippen molar-refractivity contribution >= 4 is 11.6 Å². The van der Waals surface area contributed by atoms with Crippen LogP contribution in [0.4, 0.5) is 10.1 Å². The molecule has 0 fully saturated rings. The molecule has 2 N–H and O–H groups in total. The number of anilines is 1. The third-order valence-electron chi connectivity index (χ3n) is 3.65. The van der Waals surface area contributed by atoms with E-state index < -0.39 is 5.91 Å². The highest BCUT2D eigenvalue weighted by molar-refractivity contribution is 5.92. The van der Waals surface area contributed by atoms with Gasteiger partial charge in [0, 0.05) is 18.7 Å². The fourth-order valence-corrected chi connectivity index (χ4v) is 2.64. The smallest absolute Gasteiger partial charge is 0.248 e. The van der Waals surface area contributed by atoms with Crippen LogP contribution in [-0.2, 0) is 13.0 Å². The number of halogens is 1. The van der Waals surface area contributed by atoms with Gasteiger partial charge in [-0.05, 0) is 35.7 Å². The molecule has 3 nitrogen and oxygen atoms in total. The summed E-state index contributed by atoms with van der Waals surface area (Å²) < 4.78 is 13.9. The third kappa shape index (κ3) is 2.25. The Hall–Kier alpha value is -2.36. The van der Waals surface area contributed by atoms with E-state index in [0.717, 1.165) is 24.1 Å². The number of rotatable bonds is 3. The van der Waals surface area contributed by atoms with E-state index in [1.807, 2.05) is 23.1 Å². The van der Waals surface area contributed by atoms with Crippen molar-refractivity contribution < 1.29 is 9.18 Å². The monoisotopic (exact) mass is 270 g/mol. The van der Waals surface area contributed by atoms with Gasteiger partial charge in [-0.1, -0.05) is 24.3 Å². The molecule has 2 aromatic rings. The molecule has 0 aliphatic carbocycles. The number of nitrogens with two attached hydrogens (primary N) is 1. The van der Waals surface area contributed by atoms with Crippen molar-refractivity contribution in [1.82, 2.24) is 0 Å². The lowest BCUT2D eigenvalue weighted by atomic mass is 10.1. The second-order valence-corrected chi connectivity index (χ2v) is 4.98. The molecule has 0 spiro atoms. The predicted molar refractivity (Wildman–Crippen MR) is 76.1 cm³/mol. The molecule has 0 radical (unpaired) electrons. The van der Waals surface area contributed by atoms with Gasteiger partial charge in [-0.25, -0.2) is 4.39 Å². The number of nitrogens with zero attached hydrogens (tertiary/aromatic N) is 1. The van der Waals surface area contributed by atoms with Crippen LogP contribution in [0.2, 0.25) is 0 Å². The first-order valence-corrected chi connectivity index (χ1v) is 6.56. The Balaban J connectivity index is 1.82. The van der Waals surface area contributed by atoms with Crippen LogP contribution in [0.3, 0.4) is 0 Å². The second-order valence-electron chi connectivity index (χ2n) is 4.98. The van der Waals surface area contributed by atoms with Crippen LogP contribution in [0.1, 0.15) is 21.5 Å². The maximum Gasteiger partial charge on any atom is 0.248 e. The van der Waals surface area contributed by atoms with Crippen LogP contribution in [0.5, 0.6) is 0 Å². The van der Waals surface area contributed by atoms with Crippen molar-refractivity contribution in [3.05, 3.63) is 65.0 Å². The van der Waals surface area contributed by atoms with Crippen molar-refractivity contribution in [3.63, 3.8) is 0 Å². The highest BCUT2D eigenvalue weighted by atomic mass is 19.1. The molecule has 2 aromatic carbocycles. The minimum Gasteiger partial charge on any atom is -0.366 e. The molecule has 1 heterocycles. The molecule has 0 saturated carbocycles. The first kappa shape index (κ1) is 12.7. The summed E-state index contributed by atoms with van der Waals surface area (Å²) >= 11 is 0. The van der Waals surface area contributed by atoms with Crippen LogP contribution in [0.15, 0.2) is 42.5 Å². The first-order valence-electron chi connectivity index (χ1n) is 6.56. The molecular formula is C16H15FN2O. The lowest BCUT2D eigenvalue weighted by Gasteiger charge is -2.20. The average molecular weight is 270 g/mol. The fourth-order valence-electron chi connectivity index (χ4n) is 2.64. The van der Waals surface area contributed by atoms with E-state index in [1.165, 1.54) is 6.07 Å². The minimum absolute atomic E-state index is 0.172. The zero-order valence-electron chi connectivity index (χ0n) is 11.0. The number of hydrogen-bond donors (Lipinski definition) is 1. The van der Waals surface area contributed by atoms with Crippen molar-refractivity contribution in [3.8, 4) is 0 Å². The van der Waals surface area contributed by atoms with Gasteiger partial charge in [-0.15, -0.1) is 0 Å². The molecule has 3 rings (SSSR count). The summed E-state index contributed by atoms with van der Waals surface area (Å²) in [5.41, 5.74) is 8.49. The number of carbonyl (C=O) groups excluding carboxylic acids is 1. The van der Waals surface area contributed by atoms with Crippen LogP contribution in [-0.4, -0.2) is 12.5 Å². The van der Waals surface area contributed by atoms with Crippen LogP contribution >= 0.6 is 0 Å². The molecule has 4 heteroatoms. The molecular weight excluding hydrogens is 255 g/mol. The lowest BCUT2D eigenvalue weighted by Crippen LogP contribution is -2.20. The largest absolute Gasteiger partial charge is 0.366 e. The number of carbonyl (C=O) groups is 1. The third-order valence-corrected chi connectivity index (χ3v) is 3.65. The molecule has 102 valence electrons. The van der Waals surface area contributed by atoms with E-state index in [-0.39, 0.29) is 5.82 Å². The average Bonchev–Trinajstić information content (AvgIpc) is 2.84. The SMILES string of the molecule is NC(=O)c1ccc(CN2CCc3cccc(F)c32)cc1. The van der Waals surface area contributed by atoms with Gasteiger partial charge in [0.2, 0.25) is 5.91 Å². The van der Waals surface area contributed by atoms with E-state index in [1.54, 1.807) is 18.2 Å². The quantitative estimate of drug-likeness (QED) is 0.931. The normalized spacial score (nSPS) is 13.3. The second kappa shape index (κ2) is 4.96. The number of para-hydroxylation sites is 1. The van der Waals surface area contributed by atoms with Gasteiger partial charge >= 0.3 is 0 Å². The van der Waals surface area contributed by atoms with Crippen LogP contribution in [0, 0.1) is 5.82 Å². The summed E-state index contributed by atoms with van der Waals surface area (Å²) in [5, 5.41) is 0. The Morgan fingerprint density at radius 2 is 1.95 bits per heavy atom. The van der Waals surface area contributed by atoms with E-state index in [0.29, 0.717) is 17.8 Å². The number of benzene rings is 2. The summed E-state index contributed by atoms with van der Waals surface area (Å²) in [4.78, 5) is 13.1. The van der Waals surface area contributed by atoms with E-state index in [4.69, 9.17) is 5.73 Å². The zero-order valence-corrected chi connectivity index (χ0v) is 11.0.